The van der Waals surface area contributed by atoms with Crippen LogP contribution in [0, 0.1) is 0 Å². The number of aliphatic imine (C=N–C) groups is 1. The van der Waals surface area contributed by atoms with Crippen LogP contribution in [0.5, 0.6) is 0 Å². The predicted molar refractivity (Wildman–Crippen MR) is 123 cm³/mol. The second-order valence-corrected chi connectivity index (χ2v) is 8.15. The van der Waals surface area contributed by atoms with Crippen molar-refractivity contribution < 1.29 is 0 Å². The van der Waals surface area contributed by atoms with E-state index in [0.29, 0.717) is 5.84 Å². The molecule has 1 unspecified atom stereocenters. The highest BCUT2D eigenvalue weighted by Gasteiger charge is 2.20. The van der Waals surface area contributed by atoms with Crippen LogP contribution in [0.4, 0.5) is 5.69 Å². The van der Waals surface area contributed by atoms with Crippen LogP contribution in [0.15, 0.2) is 65.6 Å². The van der Waals surface area contributed by atoms with Crippen molar-refractivity contribution in [3.05, 3.63) is 65.5 Å². The molecule has 1 aliphatic rings. The predicted octanol–water partition coefficient (Wildman–Crippen LogP) is 5.42. The molecule has 1 atom stereocenters. The summed E-state index contributed by atoms with van der Waals surface area (Å²) in [4.78, 5) is 8.07. The summed E-state index contributed by atoms with van der Waals surface area (Å²) >= 11 is 1.61. The smallest absolute Gasteiger partial charge is 0.141 e. The molecular weight excluding hydrogens is 364 g/mol. The largest absolute Gasteiger partial charge is 0.383 e. The average Bonchev–Trinajstić information content (AvgIpc) is 3.42. The Labute approximate surface area is 172 Å². The summed E-state index contributed by atoms with van der Waals surface area (Å²) in [5.74, 6) is 0.582. The van der Waals surface area contributed by atoms with Crippen molar-refractivity contribution in [3.63, 3.8) is 0 Å². The van der Waals surface area contributed by atoms with Crippen LogP contribution in [0.2, 0.25) is 0 Å². The third-order valence-electron chi connectivity index (χ3n) is 5.15. The van der Waals surface area contributed by atoms with Crippen LogP contribution in [0.1, 0.15) is 31.1 Å². The van der Waals surface area contributed by atoms with Gasteiger partial charge in [0, 0.05) is 29.7 Å². The minimum absolute atomic E-state index is 0.582. The third kappa shape index (κ3) is 4.91. The zero-order valence-electron chi connectivity index (χ0n) is 16.8. The highest BCUT2D eigenvalue weighted by molar-refractivity contribution is 7.12. The molecular formula is C23H30N4S. The zero-order valence-corrected chi connectivity index (χ0v) is 17.7. The Morgan fingerprint density at radius 1 is 1.36 bits per heavy atom. The van der Waals surface area contributed by atoms with Gasteiger partial charge in [-0.1, -0.05) is 12.1 Å². The van der Waals surface area contributed by atoms with E-state index in [2.05, 4.69) is 58.5 Å². The number of hydrogen-bond acceptors (Lipinski definition) is 3. The molecule has 0 amide bonds. The van der Waals surface area contributed by atoms with Gasteiger partial charge in [0.25, 0.3) is 0 Å². The molecule has 1 fully saturated rings. The van der Waals surface area contributed by atoms with E-state index in [1.165, 1.54) is 36.7 Å². The zero-order chi connectivity index (χ0) is 19.9. The lowest BCUT2D eigenvalue weighted by atomic mass is 10.1. The second-order valence-electron chi connectivity index (χ2n) is 7.20. The van der Waals surface area contributed by atoms with Crippen molar-refractivity contribution in [1.29, 1.82) is 0 Å². The van der Waals surface area contributed by atoms with Crippen molar-refractivity contribution in [2.75, 3.05) is 13.6 Å². The van der Waals surface area contributed by atoms with E-state index in [-0.39, 0.29) is 0 Å². The number of aromatic nitrogens is 1. The monoisotopic (exact) mass is 394 g/mol. The van der Waals surface area contributed by atoms with Crippen molar-refractivity contribution in [2.24, 2.45) is 10.7 Å². The number of aryl methyl sites for hydroxylation is 1. The number of fused-ring (bicyclic) bond motifs is 1. The average molecular weight is 395 g/mol. The Kier molecular flexibility index (Phi) is 7.06. The summed E-state index contributed by atoms with van der Waals surface area (Å²) in [5, 5.41) is 3.24. The van der Waals surface area contributed by atoms with Crippen molar-refractivity contribution in [3.8, 4) is 0 Å². The Bertz CT molecular complexity index is 923. The number of allylic oxidation sites excluding steroid dienone is 1. The fourth-order valence-electron chi connectivity index (χ4n) is 3.70. The maximum absolute atomic E-state index is 6.10. The van der Waals surface area contributed by atoms with Crippen molar-refractivity contribution in [1.82, 2.24) is 9.47 Å². The van der Waals surface area contributed by atoms with Crippen LogP contribution in [-0.2, 0) is 6.54 Å². The van der Waals surface area contributed by atoms with Crippen molar-refractivity contribution >= 4 is 33.8 Å². The Morgan fingerprint density at radius 3 is 2.86 bits per heavy atom. The number of nitrogens with zero attached hydrogens (tertiary/aromatic N) is 3. The van der Waals surface area contributed by atoms with E-state index >= 15 is 0 Å². The third-order valence-corrected chi connectivity index (χ3v) is 6.04. The van der Waals surface area contributed by atoms with Gasteiger partial charge < -0.3 is 15.2 Å². The topological polar surface area (TPSA) is 46.5 Å². The van der Waals surface area contributed by atoms with E-state index in [0.717, 1.165) is 23.2 Å². The highest BCUT2D eigenvalue weighted by atomic mass is 32.1. The number of thiophene rings is 1. The van der Waals surface area contributed by atoms with Crippen LogP contribution in [0.3, 0.4) is 0 Å². The molecule has 5 heteroatoms. The quantitative estimate of drug-likeness (QED) is 0.357. The first-order valence-electron chi connectivity index (χ1n) is 9.86. The van der Waals surface area contributed by atoms with Gasteiger partial charge in [-0.3, -0.25) is 0 Å². The van der Waals surface area contributed by atoms with Crippen LogP contribution >= 0.6 is 11.3 Å². The molecule has 1 saturated heterocycles. The van der Waals surface area contributed by atoms with Gasteiger partial charge in [0.05, 0.1) is 10.6 Å². The van der Waals surface area contributed by atoms with Crippen LogP contribution < -0.4 is 5.73 Å². The first-order chi connectivity index (χ1) is 13.6. The second kappa shape index (κ2) is 9.71. The lowest BCUT2D eigenvalue weighted by Crippen LogP contribution is -2.25. The molecule has 3 aromatic rings. The van der Waals surface area contributed by atoms with Gasteiger partial charge in [0.2, 0.25) is 0 Å². The fourth-order valence-corrected chi connectivity index (χ4v) is 4.33. The molecule has 0 saturated carbocycles. The summed E-state index contributed by atoms with van der Waals surface area (Å²) in [6, 6.07) is 13.2. The van der Waals surface area contributed by atoms with Gasteiger partial charge in [0.15, 0.2) is 0 Å². The summed E-state index contributed by atoms with van der Waals surface area (Å²) in [6.45, 7) is 7.56. The fraction of sp³-hybridized carbons (Fsp3) is 0.348. The molecule has 28 heavy (non-hydrogen) atoms. The number of amidine groups is 1. The SMILES string of the molecule is C=CC.CN1CCCC1CCn1ccc2cc(N=C(N)c3cccs3)ccc21. The summed E-state index contributed by atoms with van der Waals surface area (Å²) < 4.78 is 2.36. The Hall–Kier alpha value is -2.37. The molecule has 2 N–H and O–H groups in total. The molecule has 0 aliphatic carbocycles. The number of benzene rings is 1. The maximum atomic E-state index is 6.10. The number of hydrogen-bond donors (Lipinski definition) is 1. The van der Waals surface area contributed by atoms with E-state index in [1.807, 2.05) is 24.4 Å². The van der Waals surface area contributed by atoms with Gasteiger partial charge >= 0.3 is 0 Å². The first-order valence-corrected chi connectivity index (χ1v) is 10.7. The Morgan fingerprint density at radius 2 is 2.18 bits per heavy atom. The van der Waals surface area contributed by atoms with Gasteiger partial charge in [0.1, 0.15) is 5.84 Å². The lowest BCUT2D eigenvalue weighted by molar-refractivity contribution is 0.287. The van der Waals surface area contributed by atoms with E-state index in [9.17, 15) is 0 Å². The molecule has 0 radical (unpaired) electrons. The number of nitrogens with two attached hydrogens (primary N) is 1. The van der Waals surface area contributed by atoms with Crippen LogP contribution in [0.25, 0.3) is 10.9 Å². The Balaban J connectivity index is 0.000000706. The van der Waals surface area contributed by atoms with E-state index in [4.69, 9.17) is 5.73 Å². The lowest BCUT2D eigenvalue weighted by Gasteiger charge is -2.19. The van der Waals surface area contributed by atoms with Gasteiger partial charge in [-0.15, -0.1) is 17.9 Å². The normalized spacial score (nSPS) is 17.5. The molecule has 0 bridgehead atoms. The molecule has 2 aromatic heterocycles. The molecule has 0 spiro atoms. The molecule has 4 rings (SSSR count). The molecule has 4 nitrogen and oxygen atoms in total. The minimum Gasteiger partial charge on any atom is -0.383 e. The van der Waals surface area contributed by atoms with Gasteiger partial charge in [-0.25, -0.2) is 4.99 Å². The molecule has 1 aromatic carbocycles. The van der Waals surface area contributed by atoms with E-state index < -0.39 is 0 Å². The number of rotatable bonds is 5. The van der Waals surface area contributed by atoms with Crippen LogP contribution in [-0.4, -0.2) is 34.9 Å². The standard InChI is InChI=1S/C20H24N4S.C3H6/c1-23-10-2-4-17(23)9-12-24-11-8-15-14-16(6-7-18(15)24)22-20(21)19-5-3-13-25-19;1-3-2/h3,5-8,11,13-14,17H,2,4,9-10,12H2,1H3,(H2,21,22);3H,1H2,2H3. The van der Waals surface area contributed by atoms with Gasteiger partial charge in [-0.05, 0) is 75.5 Å². The highest BCUT2D eigenvalue weighted by Crippen LogP contribution is 2.25. The maximum Gasteiger partial charge on any atom is 0.141 e. The van der Waals surface area contributed by atoms with Crippen molar-refractivity contribution in [2.45, 2.75) is 38.8 Å². The minimum atomic E-state index is 0.582. The first kappa shape index (κ1) is 20.4. The van der Waals surface area contributed by atoms with Gasteiger partial charge in [-0.2, -0.15) is 0 Å². The number of likely N-dealkylation sites (tertiary alicyclic amines) is 1. The van der Waals surface area contributed by atoms with E-state index in [1.54, 1.807) is 17.4 Å². The molecule has 148 valence electrons. The molecule has 1 aliphatic heterocycles. The molecule has 3 heterocycles. The summed E-state index contributed by atoms with van der Waals surface area (Å²) in [7, 11) is 2.24. The summed E-state index contributed by atoms with van der Waals surface area (Å²) in [5.41, 5.74) is 8.28. The summed E-state index contributed by atoms with van der Waals surface area (Å²) in [6.07, 6.45) is 7.82.